The van der Waals surface area contributed by atoms with Gasteiger partial charge >= 0.3 is 0 Å². The van der Waals surface area contributed by atoms with Gasteiger partial charge in [0, 0.05) is 38.3 Å². The second kappa shape index (κ2) is 9.52. The molecule has 0 radical (unpaired) electrons. The molecule has 1 aliphatic heterocycles. The summed E-state index contributed by atoms with van der Waals surface area (Å²) in [5.41, 5.74) is 1.73. The minimum atomic E-state index is -0.0368. The summed E-state index contributed by atoms with van der Waals surface area (Å²) < 4.78 is 21.4. The Kier molecular flexibility index (Phi) is 6.82. The molecule has 1 heterocycles. The van der Waals surface area contributed by atoms with E-state index in [1.807, 2.05) is 23.1 Å². The van der Waals surface area contributed by atoms with Crippen LogP contribution in [0.5, 0.6) is 23.0 Å². The van der Waals surface area contributed by atoms with E-state index in [-0.39, 0.29) is 5.91 Å². The van der Waals surface area contributed by atoms with E-state index in [2.05, 4.69) is 11.0 Å². The summed E-state index contributed by atoms with van der Waals surface area (Å²) in [6, 6.07) is 11.5. The molecule has 0 aliphatic carbocycles. The second-order valence-corrected chi connectivity index (χ2v) is 6.83. The number of carbonyl (C=O) groups excluding carboxylic acids is 1. The van der Waals surface area contributed by atoms with Crippen LogP contribution in [-0.4, -0.2) is 70.3 Å². The zero-order valence-electron chi connectivity index (χ0n) is 17.4. The van der Waals surface area contributed by atoms with Gasteiger partial charge in [-0.3, -0.25) is 9.69 Å². The standard InChI is InChI=1S/C22H28N2O5/c1-26-18-7-5-6-16(12-18)15-23-8-10-24(11-9-23)22(25)17-13-19(27-2)21(29-4)20(14-17)28-3/h5-7,12-14H,8-11,15H2,1-4H3. The molecule has 0 saturated carbocycles. The molecule has 2 aromatic carbocycles. The van der Waals surface area contributed by atoms with Crippen LogP contribution < -0.4 is 18.9 Å². The van der Waals surface area contributed by atoms with Crippen LogP contribution in [0.25, 0.3) is 0 Å². The van der Waals surface area contributed by atoms with Crippen molar-refractivity contribution in [1.29, 1.82) is 0 Å². The van der Waals surface area contributed by atoms with Crippen molar-refractivity contribution in [3.05, 3.63) is 47.5 Å². The highest BCUT2D eigenvalue weighted by Crippen LogP contribution is 2.38. The van der Waals surface area contributed by atoms with Crippen molar-refractivity contribution in [2.24, 2.45) is 0 Å². The van der Waals surface area contributed by atoms with Crippen LogP contribution in [0.1, 0.15) is 15.9 Å². The van der Waals surface area contributed by atoms with Gasteiger partial charge < -0.3 is 23.8 Å². The average Bonchev–Trinajstić information content (AvgIpc) is 2.78. The Morgan fingerprint density at radius 1 is 0.862 bits per heavy atom. The minimum absolute atomic E-state index is 0.0368. The van der Waals surface area contributed by atoms with Crippen molar-refractivity contribution in [2.75, 3.05) is 54.6 Å². The van der Waals surface area contributed by atoms with Crippen LogP contribution >= 0.6 is 0 Å². The van der Waals surface area contributed by atoms with E-state index in [4.69, 9.17) is 18.9 Å². The van der Waals surface area contributed by atoms with Crippen LogP contribution in [0.4, 0.5) is 0 Å². The number of ether oxygens (including phenoxy) is 4. The molecule has 0 N–H and O–H groups in total. The molecule has 2 aromatic rings. The lowest BCUT2D eigenvalue weighted by Gasteiger charge is -2.35. The Morgan fingerprint density at radius 2 is 1.52 bits per heavy atom. The van der Waals surface area contributed by atoms with Crippen molar-refractivity contribution < 1.29 is 23.7 Å². The van der Waals surface area contributed by atoms with Gasteiger partial charge in [0.2, 0.25) is 5.75 Å². The molecule has 29 heavy (non-hydrogen) atoms. The fourth-order valence-electron chi connectivity index (χ4n) is 3.53. The second-order valence-electron chi connectivity index (χ2n) is 6.83. The number of benzene rings is 2. The Bertz CT molecular complexity index is 822. The largest absolute Gasteiger partial charge is 0.497 e. The molecule has 1 saturated heterocycles. The lowest BCUT2D eigenvalue weighted by molar-refractivity contribution is 0.0627. The van der Waals surface area contributed by atoms with E-state index in [0.29, 0.717) is 35.9 Å². The Morgan fingerprint density at radius 3 is 2.07 bits per heavy atom. The molecule has 7 heteroatoms. The number of hydrogen-bond donors (Lipinski definition) is 0. The number of hydrogen-bond acceptors (Lipinski definition) is 6. The first-order valence-electron chi connectivity index (χ1n) is 9.54. The predicted octanol–water partition coefficient (Wildman–Crippen LogP) is 2.68. The molecule has 3 rings (SSSR count). The molecule has 7 nitrogen and oxygen atoms in total. The predicted molar refractivity (Wildman–Crippen MR) is 110 cm³/mol. The summed E-state index contributed by atoms with van der Waals surface area (Å²) in [7, 11) is 6.31. The number of methoxy groups -OCH3 is 4. The van der Waals surface area contributed by atoms with Crippen molar-refractivity contribution >= 4 is 5.91 Å². The molecule has 0 bridgehead atoms. The molecular weight excluding hydrogens is 372 g/mol. The lowest BCUT2D eigenvalue weighted by Crippen LogP contribution is -2.48. The summed E-state index contributed by atoms with van der Waals surface area (Å²) >= 11 is 0. The first kappa shape index (κ1) is 20.8. The van der Waals surface area contributed by atoms with E-state index in [0.717, 1.165) is 25.4 Å². The molecule has 1 aliphatic rings. The number of amides is 1. The highest BCUT2D eigenvalue weighted by atomic mass is 16.5. The zero-order valence-corrected chi connectivity index (χ0v) is 17.4. The van der Waals surface area contributed by atoms with E-state index in [9.17, 15) is 4.79 Å². The first-order chi connectivity index (χ1) is 14.1. The van der Waals surface area contributed by atoms with E-state index in [1.54, 1.807) is 40.6 Å². The monoisotopic (exact) mass is 400 g/mol. The maximum Gasteiger partial charge on any atom is 0.254 e. The molecule has 1 fully saturated rings. The summed E-state index contributed by atoms with van der Waals surface area (Å²) in [6.07, 6.45) is 0. The van der Waals surface area contributed by atoms with Gasteiger partial charge in [-0.25, -0.2) is 0 Å². The highest BCUT2D eigenvalue weighted by molar-refractivity contribution is 5.95. The van der Waals surface area contributed by atoms with Gasteiger partial charge in [0.1, 0.15) is 5.75 Å². The first-order valence-corrected chi connectivity index (χ1v) is 9.54. The van der Waals surface area contributed by atoms with Gasteiger partial charge in [-0.1, -0.05) is 12.1 Å². The molecule has 0 aromatic heterocycles. The van der Waals surface area contributed by atoms with Crippen LogP contribution in [0.3, 0.4) is 0 Å². The van der Waals surface area contributed by atoms with Crippen molar-refractivity contribution in [3.8, 4) is 23.0 Å². The minimum Gasteiger partial charge on any atom is -0.497 e. The van der Waals surface area contributed by atoms with Crippen LogP contribution in [-0.2, 0) is 6.54 Å². The normalized spacial score (nSPS) is 14.4. The van der Waals surface area contributed by atoms with Crippen molar-refractivity contribution in [2.45, 2.75) is 6.54 Å². The zero-order chi connectivity index (χ0) is 20.8. The Hall–Kier alpha value is -2.93. The van der Waals surface area contributed by atoms with Gasteiger partial charge in [0.05, 0.1) is 28.4 Å². The maximum absolute atomic E-state index is 13.0. The summed E-state index contributed by atoms with van der Waals surface area (Å²) in [5.74, 6) is 2.26. The maximum atomic E-state index is 13.0. The van der Waals surface area contributed by atoms with E-state index < -0.39 is 0 Å². The summed E-state index contributed by atoms with van der Waals surface area (Å²) in [4.78, 5) is 17.2. The quantitative estimate of drug-likeness (QED) is 0.712. The average molecular weight is 400 g/mol. The smallest absolute Gasteiger partial charge is 0.254 e. The molecule has 0 spiro atoms. The Balaban J connectivity index is 1.65. The Labute approximate surface area is 171 Å². The molecule has 156 valence electrons. The fraction of sp³-hybridized carbons (Fsp3) is 0.409. The van der Waals surface area contributed by atoms with Gasteiger partial charge in [-0.15, -0.1) is 0 Å². The van der Waals surface area contributed by atoms with E-state index in [1.165, 1.54) is 5.56 Å². The van der Waals surface area contributed by atoms with Crippen LogP contribution in [0.2, 0.25) is 0 Å². The highest BCUT2D eigenvalue weighted by Gasteiger charge is 2.24. The molecule has 0 unspecified atom stereocenters. The number of nitrogens with zero attached hydrogens (tertiary/aromatic N) is 2. The van der Waals surface area contributed by atoms with E-state index >= 15 is 0 Å². The number of rotatable bonds is 7. The summed E-state index contributed by atoms with van der Waals surface area (Å²) in [5, 5.41) is 0. The van der Waals surface area contributed by atoms with Crippen molar-refractivity contribution in [1.82, 2.24) is 9.80 Å². The third kappa shape index (κ3) is 4.74. The molecule has 1 amide bonds. The van der Waals surface area contributed by atoms with Gasteiger partial charge in [-0.2, -0.15) is 0 Å². The van der Waals surface area contributed by atoms with Gasteiger partial charge in [0.25, 0.3) is 5.91 Å². The van der Waals surface area contributed by atoms with Crippen molar-refractivity contribution in [3.63, 3.8) is 0 Å². The fourth-order valence-corrected chi connectivity index (χ4v) is 3.53. The number of carbonyl (C=O) groups is 1. The SMILES string of the molecule is COc1cccc(CN2CCN(C(=O)c3cc(OC)c(OC)c(OC)c3)CC2)c1. The molecular formula is C22H28N2O5. The number of piperazine rings is 1. The lowest BCUT2D eigenvalue weighted by atomic mass is 10.1. The van der Waals surface area contributed by atoms with Crippen LogP contribution in [0, 0.1) is 0 Å². The van der Waals surface area contributed by atoms with Crippen LogP contribution in [0.15, 0.2) is 36.4 Å². The van der Waals surface area contributed by atoms with Gasteiger partial charge in [0.15, 0.2) is 11.5 Å². The third-order valence-corrected chi connectivity index (χ3v) is 5.11. The topological polar surface area (TPSA) is 60.5 Å². The summed E-state index contributed by atoms with van der Waals surface area (Å²) in [6.45, 7) is 3.79. The third-order valence-electron chi connectivity index (χ3n) is 5.11. The van der Waals surface area contributed by atoms with Gasteiger partial charge in [-0.05, 0) is 29.8 Å². The molecule has 0 atom stereocenters.